The highest BCUT2D eigenvalue weighted by Gasteiger charge is 2.90. The molecule has 1 aromatic carbocycles. The fourth-order valence-corrected chi connectivity index (χ4v) is 1.83. The van der Waals surface area contributed by atoms with Crippen LogP contribution in [-0.2, 0) is 0 Å². The van der Waals surface area contributed by atoms with Crippen LogP contribution >= 0.6 is 0 Å². The number of nitro groups is 1. The summed E-state index contributed by atoms with van der Waals surface area (Å²) in [5, 5.41) is 10.5. The van der Waals surface area contributed by atoms with Crippen molar-refractivity contribution in [2.45, 2.75) is 35.8 Å². The van der Waals surface area contributed by atoms with E-state index in [1.54, 1.807) is 0 Å². The van der Waals surface area contributed by atoms with Gasteiger partial charge in [-0.25, -0.2) is 0 Å². The van der Waals surface area contributed by atoms with Crippen molar-refractivity contribution in [1.29, 1.82) is 0 Å². The molecule has 1 aromatic rings. The lowest BCUT2D eigenvalue weighted by atomic mass is 9.93. The fourth-order valence-electron chi connectivity index (χ4n) is 1.83. The number of halogens is 13. The molecule has 0 spiro atoms. The van der Waals surface area contributed by atoms with Crippen LogP contribution < -0.4 is 0 Å². The van der Waals surface area contributed by atoms with E-state index in [4.69, 9.17) is 0 Å². The van der Waals surface area contributed by atoms with Gasteiger partial charge in [0, 0.05) is 12.1 Å². The van der Waals surface area contributed by atoms with Gasteiger partial charge in [-0.2, -0.15) is 57.1 Å². The lowest BCUT2D eigenvalue weighted by Crippen LogP contribution is -2.69. The smallest absolute Gasteiger partial charge is 0.258 e. The topological polar surface area (TPSA) is 43.1 Å². The summed E-state index contributed by atoms with van der Waals surface area (Å²) in [6, 6.07) is 2.80. The van der Waals surface area contributed by atoms with Crippen LogP contribution in [0, 0.1) is 10.1 Å². The highest BCUT2D eigenvalue weighted by molar-refractivity contribution is 5.54. The largest absolute Gasteiger partial charge is 0.460 e. The Hall–Kier alpha value is -2.55. The second-order valence-corrected chi connectivity index (χ2v) is 5.60. The number of benzene rings is 1. The molecule has 0 aliphatic rings. The number of hydrogen-bond donors (Lipinski definition) is 0. The molecule has 0 radical (unpaired) electrons. The van der Waals surface area contributed by atoms with E-state index in [0.717, 1.165) is 18.2 Å². The first-order valence-corrected chi connectivity index (χ1v) is 7.03. The lowest BCUT2D eigenvalue weighted by molar-refractivity contribution is -0.436. The Labute approximate surface area is 156 Å². The van der Waals surface area contributed by atoms with Gasteiger partial charge in [-0.3, -0.25) is 10.1 Å². The normalized spacial score (nSPS) is 15.0. The molecule has 0 N–H and O–H groups in total. The number of rotatable bonds is 7. The van der Waals surface area contributed by atoms with Crippen LogP contribution in [-0.4, -0.2) is 40.7 Å². The SMILES string of the molecule is O=[N+]([O-])c1cccc(C=CC(F)(F)C(F)(F)C(F)(F)C(F)(F)C(F)(F)C(F)(F)F)c1. The molecule has 0 atom stereocenters. The van der Waals surface area contributed by atoms with Gasteiger partial charge < -0.3 is 0 Å². The van der Waals surface area contributed by atoms with Crippen LogP contribution in [0.5, 0.6) is 0 Å². The summed E-state index contributed by atoms with van der Waals surface area (Å²) in [6.45, 7) is 0. The van der Waals surface area contributed by atoms with Crippen LogP contribution in [0.2, 0.25) is 0 Å². The van der Waals surface area contributed by atoms with Crippen LogP contribution in [0.4, 0.5) is 62.8 Å². The van der Waals surface area contributed by atoms with E-state index in [2.05, 4.69) is 0 Å². The molecule has 0 saturated heterocycles. The van der Waals surface area contributed by atoms with Gasteiger partial charge in [0.1, 0.15) is 0 Å². The monoisotopic (exact) mass is 467 g/mol. The Morgan fingerprint density at radius 2 is 1.20 bits per heavy atom. The van der Waals surface area contributed by atoms with E-state index >= 15 is 0 Å². The van der Waals surface area contributed by atoms with Crippen LogP contribution in [0.3, 0.4) is 0 Å². The minimum Gasteiger partial charge on any atom is -0.258 e. The van der Waals surface area contributed by atoms with Crippen LogP contribution in [0.25, 0.3) is 6.08 Å². The zero-order chi connectivity index (χ0) is 24.0. The zero-order valence-corrected chi connectivity index (χ0v) is 13.6. The van der Waals surface area contributed by atoms with Crippen molar-refractivity contribution in [3.63, 3.8) is 0 Å². The molecule has 0 fully saturated rings. The van der Waals surface area contributed by atoms with E-state index in [1.807, 2.05) is 0 Å². The molecule has 30 heavy (non-hydrogen) atoms. The highest BCUT2D eigenvalue weighted by Crippen LogP contribution is 2.60. The molecule has 0 aliphatic heterocycles. The average molecular weight is 467 g/mol. The summed E-state index contributed by atoms with van der Waals surface area (Å²) in [6.07, 6.45) is -8.86. The van der Waals surface area contributed by atoms with Crippen LogP contribution in [0.15, 0.2) is 30.3 Å². The van der Waals surface area contributed by atoms with Gasteiger partial charge in [-0.15, -0.1) is 0 Å². The Morgan fingerprint density at radius 3 is 1.63 bits per heavy atom. The summed E-state index contributed by atoms with van der Waals surface area (Å²) in [5.41, 5.74) is -1.51. The lowest BCUT2D eigenvalue weighted by Gasteiger charge is -2.39. The fraction of sp³-hybridized carbons (Fsp3) is 0.429. The van der Waals surface area contributed by atoms with E-state index < -0.39 is 58.0 Å². The second kappa shape index (κ2) is 7.30. The number of non-ortho nitro benzene ring substituents is 1. The first-order chi connectivity index (χ1) is 13.1. The van der Waals surface area contributed by atoms with Crippen LogP contribution in [0.1, 0.15) is 5.56 Å². The van der Waals surface area contributed by atoms with Crippen molar-refractivity contribution in [2.75, 3.05) is 0 Å². The van der Waals surface area contributed by atoms with Gasteiger partial charge in [0.25, 0.3) is 5.69 Å². The number of nitrogens with zero attached hydrogens (tertiary/aromatic N) is 1. The summed E-state index contributed by atoms with van der Waals surface area (Å²) >= 11 is 0. The van der Waals surface area contributed by atoms with E-state index in [1.165, 1.54) is 0 Å². The van der Waals surface area contributed by atoms with Gasteiger partial charge in [0.05, 0.1) is 4.92 Å². The maximum Gasteiger partial charge on any atom is 0.460 e. The number of hydrogen-bond acceptors (Lipinski definition) is 2. The molecule has 0 saturated carbocycles. The van der Waals surface area contributed by atoms with Crippen molar-refractivity contribution in [3.05, 3.63) is 46.0 Å². The first-order valence-electron chi connectivity index (χ1n) is 7.03. The van der Waals surface area contributed by atoms with Gasteiger partial charge in [0.15, 0.2) is 0 Å². The maximum atomic E-state index is 13.5. The van der Waals surface area contributed by atoms with Crippen molar-refractivity contribution < 1.29 is 62.0 Å². The molecule has 170 valence electrons. The minimum atomic E-state index is -7.98. The quantitative estimate of drug-likeness (QED) is 0.267. The molecule has 0 amide bonds. The molecule has 0 bridgehead atoms. The molecule has 0 unspecified atom stereocenters. The number of alkyl halides is 13. The van der Waals surface area contributed by atoms with Crippen molar-refractivity contribution in [3.8, 4) is 0 Å². The minimum absolute atomic E-state index is 0.183. The molecular weight excluding hydrogens is 461 g/mol. The Balaban J connectivity index is 3.42. The number of nitro benzene ring substituents is 1. The average Bonchev–Trinajstić information content (AvgIpc) is 2.58. The highest BCUT2D eigenvalue weighted by atomic mass is 19.4. The van der Waals surface area contributed by atoms with E-state index in [9.17, 15) is 67.2 Å². The molecule has 0 aromatic heterocycles. The predicted molar refractivity (Wildman–Crippen MR) is 72.9 cm³/mol. The van der Waals surface area contributed by atoms with Crippen molar-refractivity contribution >= 4 is 11.8 Å². The Bertz CT molecular complexity index is 829. The van der Waals surface area contributed by atoms with Gasteiger partial charge in [0.2, 0.25) is 0 Å². The Morgan fingerprint density at radius 1 is 0.733 bits per heavy atom. The third-order valence-electron chi connectivity index (χ3n) is 3.52. The predicted octanol–water partition coefficient (Wildman–Crippen LogP) is 6.35. The van der Waals surface area contributed by atoms with Gasteiger partial charge >= 0.3 is 35.8 Å². The second-order valence-electron chi connectivity index (χ2n) is 5.60. The standard InChI is InChI=1S/C14H6F13NO2/c15-9(16,5-4-7-2-1-3-8(6-7)28(29)30)10(17,18)11(19,20)12(21,22)13(23,24)14(25,26)27/h1-6H. The summed E-state index contributed by atoms with van der Waals surface area (Å²) in [4.78, 5) is 9.41. The third-order valence-corrected chi connectivity index (χ3v) is 3.52. The third kappa shape index (κ3) is 3.90. The van der Waals surface area contributed by atoms with Gasteiger partial charge in [-0.1, -0.05) is 18.2 Å². The Kier molecular flexibility index (Phi) is 6.20. The van der Waals surface area contributed by atoms with E-state index in [0.29, 0.717) is 6.07 Å². The molecular formula is C14H6F13NO2. The van der Waals surface area contributed by atoms with Gasteiger partial charge in [-0.05, 0) is 11.6 Å². The molecule has 1 rings (SSSR count). The van der Waals surface area contributed by atoms with E-state index in [-0.39, 0.29) is 6.08 Å². The zero-order valence-electron chi connectivity index (χ0n) is 13.6. The summed E-state index contributed by atoms with van der Waals surface area (Å²) in [7, 11) is 0. The first kappa shape index (κ1) is 25.5. The molecule has 0 aliphatic carbocycles. The molecule has 3 nitrogen and oxygen atoms in total. The number of allylic oxidation sites excluding steroid dienone is 1. The van der Waals surface area contributed by atoms with Crippen molar-refractivity contribution in [1.82, 2.24) is 0 Å². The summed E-state index contributed by atoms with van der Waals surface area (Å²) in [5.74, 6) is -37.5. The maximum absolute atomic E-state index is 13.5. The summed E-state index contributed by atoms with van der Waals surface area (Å²) < 4.78 is 168. The van der Waals surface area contributed by atoms with Crippen molar-refractivity contribution in [2.24, 2.45) is 0 Å². The molecule has 16 heteroatoms. The molecule has 0 heterocycles.